The van der Waals surface area contributed by atoms with Gasteiger partial charge in [-0.1, -0.05) is 18.0 Å². The summed E-state index contributed by atoms with van der Waals surface area (Å²) in [6, 6.07) is 8.63. The van der Waals surface area contributed by atoms with Crippen LogP contribution in [0.1, 0.15) is 37.7 Å². The molecule has 3 heteroatoms. The first-order valence-corrected chi connectivity index (χ1v) is 7.13. The van der Waals surface area contributed by atoms with E-state index in [4.69, 9.17) is 11.6 Å². The quantitative estimate of drug-likeness (QED) is 0.764. The van der Waals surface area contributed by atoms with Gasteiger partial charge in [0.25, 0.3) is 0 Å². The first-order valence-electron chi connectivity index (χ1n) is 6.76. The highest BCUT2D eigenvalue weighted by atomic mass is 35.5. The number of hydrogen-bond acceptors (Lipinski definition) is 2. The Hall–Kier alpha value is -1.20. The monoisotopic (exact) mass is 260 g/mol. The predicted molar refractivity (Wildman–Crippen MR) is 73.9 cm³/mol. The fraction of sp³-hybridized carbons (Fsp3) is 0.533. The fourth-order valence-electron chi connectivity index (χ4n) is 3.60. The van der Waals surface area contributed by atoms with Gasteiger partial charge in [0.15, 0.2) is 0 Å². The molecule has 2 fully saturated rings. The summed E-state index contributed by atoms with van der Waals surface area (Å²) in [5.74, 6) is 0.834. The first-order chi connectivity index (χ1) is 8.79. The molecule has 18 heavy (non-hydrogen) atoms. The predicted octanol–water partition coefficient (Wildman–Crippen LogP) is 3.98. The van der Waals surface area contributed by atoms with E-state index in [1.54, 1.807) is 6.07 Å². The van der Waals surface area contributed by atoms with Crippen LogP contribution in [0.5, 0.6) is 0 Å². The third-order valence-electron chi connectivity index (χ3n) is 4.38. The topological polar surface area (TPSA) is 27.0 Å². The minimum absolute atomic E-state index is 0.645. The second-order valence-corrected chi connectivity index (χ2v) is 5.80. The second kappa shape index (κ2) is 4.82. The molecule has 1 aromatic carbocycles. The van der Waals surface area contributed by atoms with Gasteiger partial charge in [0.05, 0.1) is 11.3 Å². The molecule has 0 N–H and O–H groups in total. The van der Waals surface area contributed by atoms with Gasteiger partial charge in [-0.25, -0.2) is 0 Å². The molecule has 0 spiro atoms. The molecular weight excluding hydrogens is 244 g/mol. The molecule has 0 aromatic heterocycles. The maximum Gasteiger partial charge on any atom is 0.101 e. The number of rotatable bonds is 1. The van der Waals surface area contributed by atoms with E-state index in [2.05, 4.69) is 11.0 Å². The van der Waals surface area contributed by atoms with Gasteiger partial charge < -0.3 is 4.90 Å². The third kappa shape index (κ3) is 1.97. The fourth-order valence-corrected chi connectivity index (χ4v) is 3.77. The Morgan fingerprint density at radius 1 is 1.22 bits per heavy atom. The summed E-state index contributed by atoms with van der Waals surface area (Å²) >= 11 is 5.98. The molecule has 0 radical (unpaired) electrons. The number of halogens is 1. The van der Waals surface area contributed by atoms with Crippen LogP contribution in [0.4, 0.5) is 5.69 Å². The molecule has 0 amide bonds. The molecular formula is C15H17ClN2. The summed E-state index contributed by atoms with van der Waals surface area (Å²) in [6.07, 6.45) is 6.57. The smallest absolute Gasteiger partial charge is 0.101 e. The number of fused-ring (bicyclic) bond motifs is 1. The van der Waals surface area contributed by atoms with Gasteiger partial charge in [-0.2, -0.15) is 5.26 Å². The molecule has 0 bridgehead atoms. The lowest BCUT2D eigenvalue weighted by molar-refractivity contribution is 0.362. The Kier molecular flexibility index (Phi) is 3.18. The molecule has 2 atom stereocenters. The van der Waals surface area contributed by atoms with Crippen molar-refractivity contribution in [3.63, 3.8) is 0 Å². The molecule has 2 unspecified atom stereocenters. The van der Waals surface area contributed by atoms with Gasteiger partial charge in [0.1, 0.15) is 6.07 Å². The number of piperidine rings is 1. The zero-order chi connectivity index (χ0) is 12.5. The summed E-state index contributed by atoms with van der Waals surface area (Å²) in [7, 11) is 0. The number of anilines is 1. The average Bonchev–Trinajstić information content (AvgIpc) is 2.86. The summed E-state index contributed by atoms with van der Waals surface area (Å²) < 4.78 is 0. The van der Waals surface area contributed by atoms with Crippen LogP contribution in [-0.4, -0.2) is 12.6 Å². The Morgan fingerprint density at radius 3 is 2.89 bits per heavy atom. The molecule has 1 saturated heterocycles. The van der Waals surface area contributed by atoms with Crippen LogP contribution in [-0.2, 0) is 0 Å². The average molecular weight is 261 g/mol. The standard InChI is InChI=1S/C15H17ClN2/c16-13-6-7-15(12(9-13)10-17)18-8-2-4-11-3-1-5-14(11)18/h6-7,9,11,14H,1-5,8H2. The van der Waals surface area contributed by atoms with Crippen molar-refractivity contribution in [2.24, 2.45) is 5.92 Å². The second-order valence-electron chi connectivity index (χ2n) is 5.37. The SMILES string of the molecule is N#Cc1cc(Cl)ccc1N1CCCC2CCCC21. The summed E-state index contributed by atoms with van der Waals surface area (Å²) in [5.41, 5.74) is 1.80. The lowest BCUT2D eigenvalue weighted by atomic mass is 9.91. The van der Waals surface area contributed by atoms with Gasteiger partial charge in [0.2, 0.25) is 0 Å². The molecule has 1 saturated carbocycles. The Morgan fingerprint density at radius 2 is 2.06 bits per heavy atom. The van der Waals surface area contributed by atoms with E-state index in [0.29, 0.717) is 11.1 Å². The van der Waals surface area contributed by atoms with Crippen LogP contribution in [0.25, 0.3) is 0 Å². The van der Waals surface area contributed by atoms with Crippen LogP contribution in [0, 0.1) is 17.2 Å². The van der Waals surface area contributed by atoms with E-state index in [-0.39, 0.29) is 0 Å². The summed E-state index contributed by atoms with van der Waals surface area (Å²) in [6.45, 7) is 1.08. The van der Waals surface area contributed by atoms with Gasteiger partial charge >= 0.3 is 0 Å². The van der Waals surface area contributed by atoms with E-state index in [1.165, 1.54) is 32.1 Å². The van der Waals surface area contributed by atoms with E-state index < -0.39 is 0 Å². The summed E-state index contributed by atoms with van der Waals surface area (Å²) in [5, 5.41) is 9.93. The lowest BCUT2D eigenvalue weighted by Crippen LogP contribution is -2.43. The highest BCUT2D eigenvalue weighted by molar-refractivity contribution is 6.30. The van der Waals surface area contributed by atoms with E-state index in [0.717, 1.165) is 23.7 Å². The van der Waals surface area contributed by atoms with E-state index in [9.17, 15) is 5.26 Å². The molecule has 1 aliphatic carbocycles. The normalized spacial score (nSPS) is 26.8. The highest BCUT2D eigenvalue weighted by Gasteiger charge is 2.35. The van der Waals surface area contributed by atoms with Crippen molar-refractivity contribution in [3.8, 4) is 6.07 Å². The van der Waals surface area contributed by atoms with Crippen molar-refractivity contribution in [2.75, 3.05) is 11.4 Å². The Labute approximate surface area is 113 Å². The van der Waals surface area contributed by atoms with Crippen LogP contribution in [0.2, 0.25) is 5.02 Å². The molecule has 2 aliphatic rings. The van der Waals surface area contributed by atoms with Crippen molar-refractivity contribution in [1.82, 2.24) is 0 Å². The minimum Gasteiger partial charge on any atom is -0.367 e. The molecule has 1 heterocycles. The maximum absolute atomic E-state index is 9.28. The highest BCUT2D eigenvalue weighted by Crippen LogP contribution is 2.40. The zero-order valence-corrected chi connectivity index (χ0v) is 11.2. The molecule has 2 nitrogen and oxygen atoms in total. The number of nitrogens with zero attached hydrogens (tertiary/aromatic N) is 2. The van der Waals surface area contributed by atoms with Crippen LogP contribution < -0.4 is 4.90 Å². The van der Waals surface area contributed by atoms with Crippen molar-refractivity contribution >= 4 is 17.3 Å². The van der Waals surface area contributed by atoms with Crippen LogP contribution in [0.15, 0.2) is 18.2 Å². The van der Waals surface area contributed by atoms with Crippen molar-refractivity contribution < 1.29 is 0 Å². The molecule has 1 aliphatic heterocycles. The summed E-state index contributed by atoms with van der Waals surface area (Å²) in [4.78, 5) is 2.45. The Balaban J connectivity index is 1.96. The Bertz CT molecular complexity index is 492. The number of benzene rings is 1. The van der Waals surface area contributed by atoms with Gasteiger partial charge in [-0.3, -0.25) is 0 Å². The van der Waals surface area contributed by atoms with Crippen LogP contribution >= 0.6 is 11.6 Å². The van der Waals surface area contributed by atoms with Gasteiger partial charge in [-0.05, 0) is 49.8 Å². The maximum atomic E-state index is 9.28. The largest absolute Gasteiger partial charge is 0.367 e. The van der Waals surface area contributed by atoms with Crippen LogP contribution in [0.3, 0.4) is 0 Å². The third-order valence-corrected chi connectivity index (χ3v) is 4.62. The van der Waals surface area contributed by atoms with Gasteiger partial charge in [0, 0.05) is 17.6 Å². The molecule has 94 valence electrons. The van der Waals surface area contributed by atoms with Crippen molar-refractivity contribution in [3.05, 3.63) is 28.8 Å². The van der Waals surface area contributed by atoms with Gasteiger partial charge in [-0.15, -0.1) is 0 Å². The number of nitriles is 1. The number of hydrogen-bond donors (Lipinski definition) is 0. The van der Waals surface area contributed by atoms with Crippen molar-refractivity contribution in [1.29, 1.82) is 5.26 Å². The molecule has 1 aromatic rings. The van der Waals surface area contributed by atoms with E-state index in [1.807, 2.05) is 12.1 Å². The van der Waals surface area contributed by atoms with E-state index >= 15 is 0 Å². The van der Waals surface area contributed by atoms with Crippen molar-refractivity contribution in [2.45, 2.75) is 38.1 Å². The lowest BCUT2D eigenvalue weighted by Gasteiger charge is -2.40. The molecule has 3 rings (SSSR count). The minimum atomic E-state index is 0.645. The first kappa shape index (κ1) is 11.9. The zero-order valence-electron chi connectivity index (χ0n) is 10.4.